The molecular formula is C13H7BrClF2NO. The molecule has 0 spiro atoms. The van der Waals surface area contributed by atoms with E-state index in [4.69, 9.17) is 11.6 Å². The Kier molecular flexibility index (Phi) is 4.17. The van der Waals surface area contributed by atoms with Gasteiger partial charge in [-0.2, -0.15) is 0 Å². The van der Waals surface area contributed by atoms with E-state index >= 15 is 0 Å². The molecule has 0 saturated carbocycles. The molecule has 1 amide bonds. The van der Waals surface area contributed by atoms with Crippen LogP contribution in [0.1, 0.15) is 10.4 Å². The standard InChI is InChI=1S/C13H7BrClF2NO/c14-9-6-7(4-5-11(9)16)18-13(19)8-2-1-3-10(15)12(8)17/h1-6H,(H,18,19). The second-order valence-corrected chi connectivity index (χ2v) is 4.95. The van der Waals surface area contributed by atoms with Gasteiger partial charge < -0.3 is 5.32 Å². The molecule has 0 aliphatic rings. The first kappa shape index (κ1) is 14.0. The van der Waals surface area contributed by atoms with Gasteiger partial charge in [-0.3, -0.25) is 4.79 Å². The molecule has 1 N–H and O–H groups in total. The Morgan fingerprint density at radius 1 is 1.21 bits per heavy atom. The van der Waals surface area contributed by atoms with Crippen LogP contribution in [0.3, 0.4) is 0 Å². The fraction of sp³-hybridized carbons (Fsp3) is 0. The van der Waals surface area contributed by atoms with Crippen LogP contribution in [0.5, 0.6) is 0 Å². The van der Waals surface area contributed by atoms with Gasteiger partial charge in [0, 0.05) is 5.69 Å². The molecule has 6 heteroatoms. The van der Waals surface area contributed by atoms with E-state index < -0.39 is 17.5 Å². The van der Waals surface area contributed by atoms with Crippen molar-refractivity contribution in [3.63, 3.8) is 0 Å². The van der Waals surface area contributed by atoms with E-state index in [9.17, 15) is 13.6 Å². The van der Waals surface area contributed by atoms with Gasteiger partial charge in [-0.05, 0) is 46.3 Å². The number of anilines is 1. The Hall–Kier alpha value is -1.46. The average Bonchev–Trinajstić information content (AvgIpc) is 2.37. The number of halogens is 4. The Bertz CT molecular complexity index is 649. The van der Waals surface area contributed by atoms with Crippen molar-refractivity contribution in [2.75, 3.05) is 5.32 Å². The van der Waals surface area contributed by atoms with Gasteiger partial charge in [-0.25, -0.2) is 8.78 Å². The van der Waals surface area contributed by atoms with Gasteiger partial charge in [-0.1, -0.05) is 17.7 Å². The minimum atomic E-state index is -0.789. The predicted molar refractivity (Wildman–Crippen MR) is 73.5 cm³/mol. The lowest BCUT2D eigenvalue weighted by atomic mass is 10.2. The number of hydrogen-bond donors (Lipinski definition) is 1. The van der Waals surface area contributed by atoms with Crippen molar-refractivity contribution >= 4 is 39.1 Å². The Labute approximate surface area is 121 Å². The van der Waals surface area contributed by atoms with Crippen LogP contribution < -0.4 is 5.32 Å². The van der Waals surface area contributed by atoms with Crippen LogP contribution in [0, 0.1) is 11.6 Å². The van der Waals surface area contributed by atoms with Crippen molar-refractivity contribution in [1.82, 2.24) is 0 Å². The molecule has 0 heterocycles. The Morgan fingerprint density at radius 2 is 1.95 bits per heavy atom. The summed E-state index contributed by atoms with van der Waals surface area (Å²) in [6.45, 7) is 0. The molecule has 0 aromatic heterocycles. The van der Waals surface area contributed by atoms with Crippen LogP contribution in [0.2, 0.25) is 5.02 Å². The smallest absolute Gasteiger partial charge is 0.258 e. The van der Waals surface area contributed by atoms with Gasteiger partial charge in [0.1, 0.15) is 5.82 Å². The number of carbonyl (C=O) groups excluding carboxylic acids is 1. The third-order valence-electron chi connectivity index (χ3n) is 2.37. The summed E-state index contributed by atoms with van der Waals surface area (Å²) in [5.41, 5.74) is 0.172. The van der Waals surface area contributed by atoms with E-state index in [2.05, 4.69) is 21.2 Å². The molecule has 19 heavy (non-hydrogen) atoms. The lowest BCUT2D eigenvalue weighted by Gasteiger charge is -2.07. The van der Waals surface area contributed by atoms with Crippen LogP contribution >= 0.6 is 27.5 Å². The van der Waals surface area contributed by atoms with E-state index in [0.29, 0.717) is 5.69 Å². The van der Waals surface area contributed by atoms with Crippen LogP contribution in [0.25, 0.3) is 0 Å². The summed E-state index contributed by atoms with van der Waals surface area (Å²) in [5, 5.41) is 2.33. The lowest BCUT2D eigenvalue weighted by molar-refractivity contribution is 0.102. The van der Waals surface area contributed by atoms with Crippen molar-refractivity contribution in [3.05, 3.63) is 63.1 Å². The largest absolute Gasteiger partial charge is 0.322 e. The van der Waals surface area contributed by atoms with Gasteiger partial charge in [0.15, 0.2) is 5.82 Å². The third kappa shape index (κ3) is 3.11. The molecule has 0 saturated heterocycles. The zero-order valence-corrected chi connectivity index (χ0v) is 11.7. The molecule has 0 atom stereocenters. The molecule has 2 aromatic rings. The van der Waals surface area contributed by atoms with Crippen molar-refractivity contribution in [2.45, 2.75) is 0 Å². The lowest BCUT2D eigenvalue weighted by Crippen LogP contribution is -2.14. The van der Waals surface area contributed by atoms with E-state index in [0.717, 1.165) is 0 Å². The monoisotopic (exact) mass is 345 g/mol. The fourth-order valence-corrected chi connectivity index (χ4v) is 2.00. The number of rotatable bonds is 2. The molecular weight excluding hydrogens is 340 g/mol. The van der Waals surface area contributed by atoms with Crippen LogP contribution in [-0.2, 0) is 0 Å². The highest BCUT2D eigenvalue weighted by molar-refractivity contribution is 9.10. The summed E-state index contributed by atoms with van der Waals surface area (Å²) in [6, 6.07) is 8.09. The zero-order chi connectivity index (χ0) is 14.0. The van der Waals surface area contributed by atoms with Gasteiger partial charge in [0.25, 0.3) is 5.91 Å². The maximum Gasteiger partial charge on any atom is 0.258 e. The molecule has 0 bridgehead atoms. The number of hydrogen-bond acceptors (Lipinski definition) is 1. The molecule has 2 aromatic carbocycles. The second kappa shape index (κ2) is 5.67. The van der Waals surface area contributed by atoms with Crippen molar-refractivity contribution in [2.24, 2.45) is 0 Å². The highest BCUT2D eigenvalue weighted by Gasteiger charge is 2.14. The molecule has 0 aliphatic heterocycles. The van der Waals surface area contributed by atoms with Crippen LogP contribution in [-0.4, -0.2) is 5.91 Å². The van der Waals surface area contributed by atoms with Crippen molar-refractivity contribution < 1.29 is 13.6 Å². The molecule has 2 nitrogen and oxygen atoms in total. The van der Waals surface area contributed by atoms with Crippen molar-refractivity contribution in [3.8, 4) is 0 Å². The first-order valence-electron chi connectivity index (χ1n) is 5.19. The number of nitrogens with one attached hydrogen (secondary N) is 1. The summed E-state index contributed by atoms with van der Waals surface area (Å²) < 4.78 is 26.9. The number of amides is 1. The summed E-state index contributed by atoms with van der Waals surface area (Å²) in [4.78, 5) is 11.9. The highest BCUT2D eigenvalue weighted by Crippen LogP contribution is 2.22. The quantitative estimate of drug-likeness (QED) is 0.844. The molecule has 0 fully saturated rings. The first-order valence-corrected chi connectivity index (χ1v) is 6.36. The fourth-order valence-electron chi connectivity index (χ4n) is 1.45. The number of carbonyl (C=O) groups is 1. The van der Waals surface area contributed by atoms with E-state index in [1.165, 1.54) is 36.4 Å². The average molecular weight is 347 g/mol. The Balaban J connectivity index is 2.26. The predicted octanol–water partition coefficient (Wildman–Crippen LogP) is 4.63. The summed E-state index contributed by atoms with van der Waals surface area (Å²) >= 11 is 8.59. The summed E-state index contributed by atoms with van der Waals surface area (Å²) in [7, 11) is 0. The number of benzene rings is 2. The highest BCUT2D eigenvalue weighted by atomic mass is 79.9. The molecule has 0 aliphatic carbocycles. The Morgan fingerprint density at radius 3 is 2.63 bits per heavy atom. The maximum absolute atomic E-state index is 13.6. The first-order chi connectivity index (χ1) is 8.99. The topological polar surface area (TPSA) is 29.1 Å². The van der Waals surface area contributed by atoms with E-state index in [-0.39, 0.29) is 15.1 Å². The van der Waals surface area contributed by atoms with Crippen LogP contribution in [0.4, 0.5) is 14.5 Å². The summed E-state index contributed by atoms with van der Waals surface area (Å²) in [6.07, 6.45) is 0. The van der Waals surface area contributed by atoms with Crippen molar-refractivity contribution in [1.29, 1.82) is 0 Å². The zero-order valence-electron chi connectivity index (χ0n) is 9.38. The van der Waals surface area contributed by atoms with Gasteiger partial charge in [0.05, 0.1) is 15.1 Å². The molecule has 0 radical (unpaired) electrons. The van der Waals surface area contributed by atoms with E-state index in [1.54, 1.807) is 0 Å². The molecule has 0 unspecified atom stereocenters. The van der Waals surface area contributed by atoms with Crippen LogP contribution in [0.15, 0.2) is 40.9 Å². The normalized spacial score (nSPS) is 10.3. The van der Waals surface area contributed by atoms with E-state index in [1.807, 2.05) is 0 Å². The SMILES string of the molecule is O=C(Nc1ccc(F)c(Br)c1)c1cccc(Cl)c1F. The molecule has 2 rings (SSSR count). The third-order valence-corrected chi connectivity index (χ3v) is 3.27. The minimum Gasteiger partial charge on any atom is -0.322 e. The second-order valence-electron chi connectivity index (χ2n) is 3.68. The van der Waals surface area contributed by atoms with Gasteiger partial charge in [0.2, 0.25) is 0 Å². The molecule has 98 valence electrons. The maximum atomic E-state index is 13.6. The summed E-state index contributed by atoms with van der Waals surface area (Å²) in [5.74, 6) is -1.90. The van der Waals surface area contributed by atoms with Gasteiger partial charge in [-0.15, -0.1) is 0 Å². The minimum absolute atomic E-state index is 0.132. The van der Waals surface area contributed by atoms with Gasteiger partial charge >= 0.3 is 0 Å².